The number of azide groups is 1. The Hall–Kier alpha value is -1.55. The van der Waals surface area contributed by atoms with Crippen molar-refractivity contribution in [1.82, 2.24) is 0 Å². The summed E-state index contributed by atoms with van der Waals surface area (Å²) >= 11 is 0. The minimum atomic E-state index is -0.941. The van der Waals surface area contributed by atoms with Crippen LogP contribution in [0.25, 0.3) is 10.4 Å². The van der Waals surface area contributed by atoms with E-state index < -0.39 is 12.2 Å². The molecule has 0 aliphatic rings. The number of benzene rings is 1. The number of aryl methyl sites for hydroxylation is 2. The Bertz CT molecular complexity index is 428. The molecule has 0 bridgehead atoms. The minimum Gasteiger partial charge on any atom is -0.390 e. The van der Waals surface area contributed by atoms with Crippen molar-refractivity contribution < 1.29 is 10.2 Å². The zero-order valence-corrected chi connectivity index (χ0v) is 10.0. The highest BCUT2D eigenvalue weighted by molar-refractivity contribution is 5.32. The van der Waals surface area contributed by atoms with Crippen molar-refractivity contribution in [1.29, 1.82) is 0 Å². The van der Waals surface area contributed by atoms with Crippen LogP contribution in [0.3, 0.4) is 0 Å². The normalized spacial score (nSPS) is 13.9. The quantitative estimate of drug-likeness (QED) is 0.466. The van der Waals surface area contributed by atoms with Crippen LogP contribution >= 0.6 is 0 Å². The molecule has 17 heavy (non-hydrogen) atoms. The number of hydrogen-bond donors (Lipinski definition) is 2. The molecule has 1 aromatic rings. The van der Waals surface area contributed by atoms with Gasteiger partial charge >= 0.3 is 0 Å². The minimum absolute atomic E-state index is 0.180. The van der Waals surface area contributed by atoms with Crippen LogP contribution in [0.5, 0.6) is 0 Å². The van der Waals surface area contributed by atoms with Crippen molar-refractivity contribution in [3.05, 3.63) is 45.3 Å². The maximum absolute atomic E-state index is 10.0. The molecule has 0 saturated carbocycles. The Morgan fingerprint density at radius 1 is 1.35 bits per heavy atom. The topological polar surface area (TPSA) is 89.2 Å². The lowest BCUT2D eigenvalue weighted by Gasteiger charge is -2.19. The monoisotopic (exact) mass is 235 g/mol. The van der Waals surface area contributed by atoms with Gasteiger partial charge in [-0.25, -0.2) is 0 Å². The van der Waals surface area contributed by atoms with Crippen LogP contribution in [0.2, 0.25) is 0 Å². The summed E-state index contributed by atoms with van der Waals surface area (Å²) in [7, 11) is 0. The number of aliphatic hydroxyl groups is 2. The zero-order valence-electron chi connectivity index (χ0n) is 10.0. The van der Waals surface area contributed by atoms with Crippen molar-refractivity contribution >= 4 is 0 Å². The first-order valence-electron chi connectivity index (χ1n) is 5.50. The summed E-state index contributed by atoms with van der Waals surface area (Å²) in [4.78, 5) is 2.60. The number of rotatable bonds is 5. The lowest BCUT2D eigenvalue weighted by atomic mass is 9.96. The summed E-state index contributed by atoms with van der Waals surface area (Å²) in [5, 5.41) is 23.1. The molecule has 2 N–H and O–H groups in total. The fraction of sp³-hybridized carbons (Fsp3) is 0.500. The van der Waals surface area contributed by atoms with Gasteiger partial charge in [0.05, 0.1) is 6.10 Å². The molecule has 5 nitrogen and oxygen atoms in total. The summed E-state index contributed by atoms with van der Waals surface area (Å²) in [5.74, 6) is 0. The molecule has 92 valence electrons. The molecule has 1 rings (SSSR count). The molecular formula is C12H17N3O2. The number of nitrogens with zero attached hydrogens (tertiary/aromatic N) is 3. The Balaban J connectivity index is 2.76. The fourth-order valence-electron chi connectivity index (χ4n) is 1.68. The molecule has 0 spiro atoms. The van der Waals surface area contributed by atoms with Gasteiger partial charge in [0.25, 0.3) is 0 Å². The Kier molecular flexibility index (Phi) is 4.97. The highest BCUT2D eigenvalue weighted by Gasteiger charge is 2.19. The van der Waals surface area contributed by atoms with Crippen molar-refractivity contribution in [2.45, 2.75) is 32.5 Å². The van der Waals surface area contributed by atoms with E-state index in [4.69, 9.17) is 5.53 Å². The lowest BCUT2D eigenvalue weighted by molar-refractivity contribution is 0.0146. The van der Waals surface area contributed by atoms with E-state index in [1.54, 1.807) is 0 Å². The van der Waals surface area contributed by atoms with Crippen molar-refractivity contribution in [3.8, 4) is 0 Å². The van der Waals surface area contributed by atoms with E-state index in [0.717, 1.165) is 16.7 Å². The summed E-state index contributed by atoms with van der Waals surface area (Å²) in [6.07, 6.45) is -1.61. The second-order valence-corrected chi connectivity index (χ2v) is 4.12. The van der Waals surface area contributed by atoms with Crippen LogP contribution in [-0.2, 0) is 0 Å². The maximum atomic E-state index is 10.0. The number of aliphatic hydroxyl groups excluding tert-OH is 2. The van der Waals surface area contributed by atoms with Crippen LogP contribution in [0, 0.1) is 13.8 Å². The highest BCUT2D eigenvalue weighted by atomic mass is 16.3. The van der Waals surface area contributed by atoms with Gasteiger partial charge in [-0.2, -0.15) is 0 Å². The molecule has 0 fully saturated rings. The third kappa shape index (κ3) is 3.75. The molecule has 0 radical (unpaired) electrons. The van der Waals surface area contributed by atoms with Crippen LogP contribution < -0.4 is 0 Å². The van der Waals surface area contributed by atoms with E-state index in [1.165, 1.54) is 0 Å². The first-order chi connectivity index (χ1) is 8.06. The first-order valence-corrected chi connectivity index (χ1v) is 5.50. The maximum Gasteiger partial charge on any atom is 0.105 e. The van der Waals surface area contributed by atoms with Gasteiger partial charge in [0.2, 0.25) is 0 Å². The van der Waals surface area contributed by atoms with Crippen molar-refractivity contribution in [3.63, 3.8) is 0 Å². The molecule has 0 amide bonds. The van der Waals surface area contributed by atoms with Gasteiger partial charge in [-0.1, -0.05) is 28.9 Å². The smallest absolute Gasteiger partial charge is 0.105 e. The molecule has 2 unspecified atom stereocenters. The molecule has 5 heteroatoms. The fourth-order valence-corrected chi connectivity index (χ4v) is 1.68. The molecular weight excluding hydrogens is 218 g/mol. The van der Waals surface area contributed by atoms with E-state index in [1.807, 2.05) is 32.0 Å². The second-order valence-electron chi connectivity index (χ2n) is 4.12. The van der Waals surface area contributed by atoms with Crippen LogP contribution in [-0.4, -0.2) is 22.9 Å². The van der Waals surface area contributed by atoms with Gasteiger partial charge in [0.1, 0.15) is 6.10 Å². The van der Waals surface area contributed by atoms with Gasteiger partial charge in [-0.05, 0) is 36.9 Å². The van der Waals surface area contributed by atoms with Gasteiger partial charge < -0.3 is 10.2 Å². The lowest BCUT2D eigenvalue weighted by Crippen LogP contribution is -2.20. The third-order valence-electron chi connectivity index (χ3n) is 2.71. The average molecular weight is 235 g/mol. The summed E-state index contributed by atoms with van der Waals surface area (Å²) in [5.41, 5.74) is 10.8. The van der Waals surface area contributed by atoms with E-state index in [-0.39, 0.29) is 13.0 Å². The van der Waals surface area contributed by atoms with Gasteiger partial charge in [-0.15, -0.1) is 0 Å². The SMILES string of the molecule is Cc1ccc(C)c(C(O)C(O)CCN=[N+]=[N-])c1. The second kappa shape index (κ2) is 6.25. The summed E-state index contributed by atoms with van der Waals surface area (Å²) in [6, 6.07) is 5.72. The van der Waals surface area contributed by atoms with Crippen LogP contribution in [0.4, 0.5) is 0 Å². The predicted octanol–water partition coefficient (Wildman–Crippen LogP) is 2.40. The zero-order chi connectivity index (χ0) is 12.8. The average Bonchev–Trinajstić information content (AvgIpc) is 2.31. The van der Waals surface area contributed by atoms with Crippen LogP contribution in [0.15, 0.2) is 23.3 Å². The standard InChI is InChI=1S/C12H17N3O2/c1-8-3-4-9(2)10(7-8)12(17)11(16)5-6-14-15-13/h3-4,7,11-12,16-17H,5-6H2,1-2H3. The van der Waals surface area contributed by atoms with Crippen molar-refractivity contribution in [2.24, 2.45) is 5.11 Å². The summed E-state index contributed by atoms with van der Waals surface area (Å²) in [6.45, 7) is 4.00. The Morgan fingerprint density at radius 2 is 2.06 bits per heavy atom. The predicted molar refractivity (Wildman–Crippen MR) is 65.5 cm³/mol. The largest absolute Gasteiger partial charge is 0.390 e. The van der Waals surface area contributed by atoms with Gasteiger partial charge in [0.15, 0.2) is 0 Å². The molecule has 0 saturated heterocycles. The molecule has 2 atom stereocenters. The number of hydrogen-bond acceptors (Lipinski definition) is 3. The van der Waals surface area contributed by atoms with Crippen molar-refractivity contribution in [2.75, 3.05) is 6.54 Å². The third-order valence-corrected chi connectivity index (χ3v) is 2.71. The van der Waals surface area contributed by atoms with E-state index in [9.17, 15) is 10.2 Å². The first kappa shape index (κ1) is 13.5. The summed E-state index contributed by atoms with van der Waals surface area (Å²) < 4.78 is 0. The molecule has 0 aliphatic heterocycles. The highest BCUT2D eigenvalue weighted by Crippen LogP contribution is 2.23. The van der Waals surface area contributed by atoms with E-state index in [0.29, 0.717) is 0 Å². The Labute approximate surface area is 100 Å². The molecule has 0 aliphatic carbocycles. The molecule has 0 heterocycles. The van der Waals surface area contributed by atoms with E-state index >= 15 is 0 Å². The van der Waals surface area contributed by atoms with Gasteiger partial charge in [-0.3, -0.25) is 0 Å². The molecule has 0 aromatic heterocycles. The molecule has 1 aromatic carbocycles. The van der Waals surface area contributed by atoms with E-state index in [2.05, 4.69) is 10.0 Å². The van der Waals surface area contributed by atoms with Crippen LogP contribution in [0.1, 0.15) is 29.2 Å². The Morgan fingerprint density at radius 3 is 2.71 bits per heavy atom. The van der Waals surface area contributed by atoms with Gasteiger partial charge in [0, 0.05) is 11.5 Å².